The fraction of sp³-hybridized carbons (Fsp3) is 0.474. The second kappa shape index (κ2) is 17.4. The second-order valence-corrected chi connectivity index (χ2v) is 12.1. The van der Waals surface area contributed by atoms with Gasteiger partial charge in [0.15, 0.2) is 10.9 Å². The summed E-state index contributed by atoms with van der Waals surface area (Å²) in [4.78, 5) is 27.9. The first-order chi connectivity index (χ1) is 22.7. The van der Waals surface area contributed by atoms with Crippen LogP contribution in [0.15, 0.2) is 70.3 Å². The zero-order valence-corrected chi connectivity index (χ0v) is 26.9. The summed E-state index contributed by atoms with van der Waals surface area (Å²) in [6.45, 7) is 4.42. The van der Waals surface area contributed by atoms with Crippen LogP contribution in [0.5, 0.6) is 0 Å². The number of para-hydroxylation sites is 2. The molecule has 2 heterocycles. The van der Waals surface area contributed by atoms with E-state index in [1.54, 1.807) is 0 Å². The van der Waals surface area contributed by atoms with Crippen LogP contribution in [0.4, 0.5) is 0 Å². The Labute approximate surface area is 270 Å². The van der Waals surface area contributed by atoms with Crippen LogP contribution >= 0.6 is 0 Å². The molecule has 0 unspecified atom stereocenters. The molecular formula is C38H48N2O6. The van der Waals surface area contributed by atoms with Crippen LogP contribution in [0.25, 0.3) is 43.6 Å². The van der Waals surface area contributed by atoms with Gasteiger partial charge in [0.25, 0.3) is 0 Å². The molecule has 0 fully saturated rings. The number of nitrogens with zero attached hydrogens (tertiary/aromatic N) is 2. The quantitative estimate of drug-likeness (QED) is 0.0750. The highest BCUT2D eigenvalue weighted by molar-refractivity contribution is 6.03. The highest BCUT2D eigenvalue weighted by Gasteiger charge is 2.16. The van der Waals surface area contributed by atoms with E-state index in [1.165, 1.54) is 0 Å². The van der Waals surface area contributed by atoms with Gasteiger partial charge in [0.05, 0.1) is 22.1 Å². The first-order valence-corrected chi connectivity index (χ1v) is 17.0. The molecule has 0 atom stereocenters. The standard InChI is InChI=1S/C38H48N2O6/c41-21-13-25-45-23-11-3-1-9-19-39-33-17-7-5-15-29(33)37(43)31-28-36-32(27-35(31)39)38(44)30-16-6-8-18-34(30)40(36)20-10-2-4-12-24-46-26-14-22-42/h5-8,15-18,27-28,41-42H,1-4,9-14,19-26H2. The SMILES string of the molecule is O=c1c2ccccc2n(CCCCCCOCCCO)c2cc3c(=O)c4ccccc4n(CCCCCCOCCCO)c3cc12. The number of benzene rings is 3. The third kappa shape index (κ3) is 8.04. The van der Waals surface area contributed by atoms with E-state index in [-0.39, 0.29) is 24.1 Å². The third-order valence-corrected chi connectivity index (χ3v) is 8.80. The van der Waals surface area contributed by atoms with Gasteiger partial charge in [-0.05, 0) is 74.9 Å². The number of aryl methyl sites for hydroxylation is 2. The van der Waals surface area contributed by atoms with E-state index < -0.39 is 0 Å². The van der Waals surface area contributed by atoms with Crippen LogP contribution in [0.2, 0.25) is 0 Å². The fourth-order valence-corrected chi connectivity index (χ4v) is 6.41. The number of aliphatic hydroxyl groups is 2. The molecule has 2 N–H and O–H groups in total. The summed E-state index contributed by atoms with van der Waals surface area (Å²) in [5.41, 5.74) is 3.41. The molecule has 8 heteroatoms. The molecule has 0 bridgehead atoms. The summed E-state index contributed by atoms with van der Waals surface area (Å²) in [5, 5.41) is 20.5. The molecule has 0 aliphatic rings. The van der Waals surface area contributed by atoms with E-state index >= 15 is 0 Å². The normalized spacial score (nSPS) is 11.9. The Hall–Kier alpha value is -3.56. The van der Waals surface area contributed by atoms with E-state index in [0.717, 1.165) is 86.5 Å². The summed E-state index contributed by atoms with van der Waals surface area (Å²) in [5.74, 6) is 0. The number of hydrogen-bond acceptors (Lipinski definition) is 6. The first kappa shape index (κ1) is 33.8. The molecule has 246 valence electrons. The van der Waals surface area contributed by atoms with Crippen molar-refractivity contribution < 1.29 is 19.7 Å². The summed E-state index contributed by atoms with van der Waals surface area (Å²) >= 11 is 0. The van der Waals surface area contributed by atoms with Gasteiger partial charge in [-0.1, -0.05) is 49.9 Å². The van der Waals surface area contributed by atoms with Crippen LogP contribution in [0.3, 0.4) is 0 Å². The summed E-state index contributed by atoms with van der Waals surface area (Å²) < 4.78 is 15.6. The average molecular weight is 629 g/mol. The lowest BCUT2D eigenvalue weighted by molar-refractivity contribution is 0.112. The molecular weight excluding hydrogens is 580 g/mol. The molecule has 0 amide bonds. The molecule has 0 aliphatic heterocycles. The Morgan fingerprint density at radius 3 is 1.28 bits per heavy atom. The number of aliphatic hydroxyl groups excluding tert-OH is 2. The van der Waals surface area contributed by atoms with Crippen molar-refractivity contribution in [2.24, 2.45) is 0 Å². The zero-order chi connectivity index (χ0) is 32.1. The summed E-state index contributed by atoms with van der Waals surface area (Å²) in [7, 11) is 0. The highest BCUT2D eigenvalue weighted by atomic mass is 16.5. The number of aromatic nitrogens is 2. The molecule has 0 saturated carbocycles. The molecule has 0 radical (unpaired) electrons. The van der Waals surface area contributed by atoms with E-state index in [4.69, 9.17) is 19.7 Å². The minimum atomic E-state index is -0.00265. The maximum atomic E-state index is 13.9. The lowest BCUT2D eigenvalue weighted by Crippen LogP contribution is -2.16. The van der Waals surface area contributed by atoms with Crippen LogP contribution in [-0.2, 0) is 22.6 Å². The summed E-state index contributed by atoms with van der Waals surface area (Å²) in [6.07, 6.45) is 9.36. The van der Waals surface area contributed by atoms with Gasteiger partial charge in [0, 0.05) is 74.3 Å². The Morgan fingerprint density at radius 1 is 0.457 bits per heavy atom. The van der Waals surface area contributed by atoms with Gasteiger partial charge in [0.2, 0.25) is 0 Å². The largest absolute Gasteiger partial charge is 0.396 e. The number of hydrogen-bond donors (Lipinski definition) is 2. The predicted octanol–water partition coefficient (Wildman–Crippen LogP) is 6.54. The average Bonchev–Trinajstić information content (AvgIpc) is 3.09. The number of unbranched alkanes of at least 4 members (excludes halogenated alkanes) is 6. The van der Waals surface area contributed by atoms with Crippen molar-refractivity contribution in [3.8, 4) is 0 Å². The minimum absolute atomic E-state index is 0.00265. The van der Waals surface area contributed by atoms with Gasteiger partial charge in [-0.2, -0.15) is 0 Å². The van der Waals surface area contributed by atoms with Crippen LogP contribution < -0.4 is 10.9 Å². The van der Waals surface area contributed by atoms with Crippen molar-refractivity contribution in [2.45, 2.75) is 77.3 Å². The predicted molar refractivity (Wildman–Crippen MR) is 187 cm³/mol. The Kier molecular flexibility index (Phi) is 12.8. The van der Waals surface area contributed by atoms with E-state index in [0.29, 0.717) is 60.8 Å². The topological polar surface area (TPSA) is 103 Å². The maximum Gasteiger partial charge on any atom is 0.197 e. The third-order valence-electron chi connectivity index (χ3n) is 8.80. The van der Waals surface area contributed by atoms with Crippen molar-refractivity contribution in [3.63, 3.8) is 0 Å². The molecule has 2 aromatic heterocycles. The van der Waals surface area contributed by atoms with Crippen molar-refractivity contribution in [1.82, 2.24) is 9.13 Å². The lowest BCUT2D eigenvalue weighted by atomic mass is 10.0. The van der Waals surface area contributed by atoms with Crippen LogP contribution in [-0.4, -0.2) is 59.0 Å². The number of ether oxygens (including phenoxy) is 2. The fourth-order valence-electron chi connectivity index (χ4n) is 6.41. The van der Waals surface area contributed by atoms with E-state index in [1.807, 2.05) is 60.7 Å². The highest BCUT2D eigenvalue weighted by Crippen LogP contribution is 2.27. The smallest absolute Gasteiger partial charge is 0.197 e. The first-order valence-electron chi connectivity index (χ1n) is 17.0. The lowest BCUT2D eigenvalue weighted by Gasteiger charge is -2.19. The molecule has 8 nitrogen and oxygen atoms in total. The van der Waals surface area contributed by atoms with Crippen molar-refractivity contribution in [2.75, 3.05) is 39.6 Å². The Bertz CT molecular complexity index is 1710. The number of rotatable bonds is 20. The van der Waals surface area contributed by atoms with E-state index in [9.17, 15) is 9.59 Å². The number of fused-ring (bicyclic) bond motifs is 4. The zero-order valence-electron chi connectivity index (χ0n) is 26.9. The van der Waals surface area contributed by atoms with Gasteiger partial charge < -0.3 is 28.8 Å². The number of pyridine rings is 2. The van der Waals surface area contributed by atoms with Gasteiger partial charge in [0.1, 0.15) is 0 Å². The van der Waals surface area contributed by atoms with Crippen molar-refractivity contribution in [3.05, 3.63) is 81.1 Å². The maximum absolute atomic E-state index is 13.9. The minimum Gasteiger partial charge on any atom is -0.396 e. The Balaban J connectivity index is 1.44. The Morgan fingerprint density at radius 2 is 0.848 bits per heavy atom. The molecule has 46 heavy (non-hydrogen) atoms. The molecule has 5 rings (SSSR count). The molecule has 0 saturated heterocycles. The molecule has 3 aromatic carbocycles. The summed E-state index contributed by atoms with van der Waals surface area (Å²) in [6, 6.07) is 19.5. The van der Waals surface area contributed by atoms with Crippen molar-refractivity contribution in [1.29, 1.82) is 0 Å². The van der Waals surface area contributed by atoms with Crippen LogP contribution in [0.1, 0.15) is 64.2 Å². The molecule has 5 aromatic rings. The molecule has 0 aliphatic carbocycles. The second-order valence-electron chi connectivity index (χ2n) is 12.1. The van der Waals surface area contributed by atoms with Gasteiger partial charge in [-0.25, -0.2) is 0 Å². The van der Waals surface area contributed by atoms with E-state index in [2.05, 4.69) is 9.13 Å². The van der Waals surface area contributed by atoms with Crippen molar-refractivity contribution >= 4 is 43.6 Å². The van der Waals surface area contributed by atoms with Gasteiger partial charge >= 0.3 is 0 Å². The monoisotopic (exact) mass is 628 g/mol. The van der Waals surface area contributed by atoms with Gasteiger partial charge in [-0.3, -0.25) is 9.59 Å². The van der Waals surface area contributed by atoms with Gasteiger partial charge in [-0.15, -0.1) is 0 Å². The van der Waals surface area contributed by atoms with Crippen LogP contribution in [0, 0.1) is 0 Å². The molecule has 0 spiro atoms.